The van der Waals surface area contributed by atoms with Crippen molar-refractivity contribution in [2.45, 2.75) is 31.7 Å². The molecule has 0 aromatic heterocycles. The molecule has 2 rings (SSSR count). The second kappa shape index (κ2) is 7.20. The van der Waals surface area contributed by atoms with Gasteiger partial charge in [0.2, 0.25) is 5.91 Å². The molecule has 1 aliphatic rings. The summed E-state index contributed by atoms with van der Waals surface area (Å²) in [5, 5.41) is 3.17. The molecule has 3 nitrogen and oxygen atoms in total. The fourth-order valence-electron chi connectivity index (χ4n) is 2.53. The molecular formula is C16H20F2N2O. The predicted octanol–water partition coefficient (Wildman–Crippen LogP) is 3.33. The molecule has 1 saturated heterocycles. The molecule has 1 fully saturated rings. The van der Waals surface area contributed by atoms with Crippen molar-refractivity contribution in [3.8, 4) is 0 Å². The van der Waals surface area contributed by atoms with Crippen LogP contribution in [0.4, 0.5) is 14.5 Å². The van der Waals surface area contributed by atoms with Crippen molar-refractivity contribution < 1.29 is 13.6 Å². The lowest BCUT2D eigenvalue weighted by Gasteiger charge is -2.33. The summed E-state index contributed by atoms with van der Waals surface area (Å²) in [7, 11) is 0. The normalized spacial score (nSPS) is 18.4. The minimum absolute atomic E-state index is 0.0660. The number of hydrogen-bond acceptors (Lipinski definition) is 2. The average molecular weight is 294 g/mol. The van der Waals surface area contributed by atoms with Gasteiger partial charge in [-0.15, -0.1) is 6.58 Å². The van der Waals surface area contributed by atoms with Gasteiger partial charge in [-0.3, -0.25) is 4.79 Å². The fraction of sp³-hybridized carbons (Fsp3) is 0.438. The Kier molecular flexibility index (Phi) is 5.31. The van der Waals surface area contributed by atoms with Crippen LogP contribution in [0, 0.1) is 11.6 Å². The second-order valence-corrected chi connectivity index (χ2v) is 5.28. The molecule has 21 heavy (non-hydrogen) atoms. The van der Waals surface area contributed by atoms with Gasteiger partial charge in [-0.05, 0) is 31.4 Å². The molecule has 0 saturated carbocycles. The van der Waals surface area contributed by atoms with E-state index in [2.05, 4.69) is 11.9 Å². The maximum Gasteiger partial charge on any atom is 0.222 e. The van der Waals surface area contributed by atoms with Gasteiger partial charge in [-0.2, -0.15) is 0 Å². The predicted molar refractivity (Wildman–Crippen MR) is 79.0 cm³/mol. The second-order valence-electron chi connectivity index (χ2n) is 5.28. The van der Waals surface area contributed by atoms with Gasteiger partial charge in [-0.25, -0.2) is 8.78 Å². The first-order valence-corrected chi connectivity index (χ1v) is 7.20. The lowest BCUT2D eigenvalue weighted by atomic mass is 10.0. The molecule has 1 amide bonds. The Morgan fingerprint density at radius 3 is 2.95 bits per heavy atom. The number of hydrogen-bond donors (Lipinski definition) is 1. The van der Waals surface area contributed by atoms with E-state index >= 15 is 0 Å². The number of rotatable bonds is 5. The monoisotopic (exact) mass is 294 g/mol. The first-order valence-electron chi connectivity index (χ1n) is 7.20. The van der Waals surface area contributed by atoms with Crippen LogP contribution in [0.5, 0.6) is 0 Å². The highest BCUT2D eigenvalue weighted by Crippen LogP contribution is 2.19. The van der Waals surface area contributed by atoms with Crippen LogP contribution in [0.1, 0.15) is 25.7 Å². The molecule has 5 heteroatoms. The van der Waals surface area contributed by atoms with Crippen molar-refractivity contribution >= 4 is 11.6 Å². The quantitative estimate of drug-likeness (QED) is 0.845. The van der Waals surface area contributed by atoms with Crippen molar-refractivity contribution in [1.82, 2.24) is 4.90 Å². The van der Waals surface area contributed by atoms with Gasteiger partial charge in [0.05, 0.1) is 0 Å². The van der Waals surface area contributed by atoms with E-state index in [1.165, 1.54) is 6.07 Å². The number of piperidine rings is 1. The Balaban J connectivity index is 1.93. The molecule has 114 valence electrons. The van der Waals surface area contributed by atoms with Gasteiger partial charge in [-0.1, -0.05) is 6.08 Å². The molecule has 0 bridgehead atoms. The van der Waals surface area contributed by atoms with Gasteiger partial charge in [0, 0.05) is 37.3 Å². The third kappa shape index (κ3) is 4.28. The molecule has 0 aliphatic carbocycles. The van der Waals surface area contributed by atoms with Crippen LogP contribution in [0.15, 0.2) is 30.9 Å². The summed E-state index contributed by atoms with van der Waals surface area (Å²) in [5.74, 6) is -1.60. The maximum atomic E-state index is 13.2. The number of nitrogens with zero attached hydrogens (tertiary/aromatic N) is 1. The smallest absolute Gasteiger partial charge is 0.222 e. The lowest BCUT2D eigenvalue weighted by Crippen LogP contribution is -2.45. The molecular weight excluding hydrogens is 274 g/mol. The molecule has 1 atom stereocenters. The number of benzene rings is 1. The third-order valence-corrected chi connectivity index (χ3v) is 3.63. The number of carbonyl (C=O) groups is 1. The number of likely N-dealkylation sites (tertiary alicyclic amines) is 1. The number of halogens is 2. The zero-order chi connectivity index (χ0) is 15.2. The van der Waals surface area contributed by atoms with E-state index in [-0.39, 0.29) is 11.9 Å². The zero-order valence-corrected chi connectivity index (χ0v) is 11.9. The largest absolute Gasteiger partial charge is 0.380 e. The van der Waals surface area contributed by atoms with Crippen molar-refractivity contribution in [2.24, 2.45) is 0 Å². The summed E-state index contributed by atoms with van der Waals surface area (Å²) >= 11 is 0. The standard InChI is InChI=1S/C16H20F2N2O/c1-2-3-6-16(21)20-9-4-5-13(11-20)19-12-7-8-14(17)15(18)10-12/h2,7-8,10,13,19H,1,3-6,9,11H2/t13-/m1/s1. The van der Waals surface area contributed by atoms with Crippen LogP contribution in [0.25, 0.3) is 0 Å². The van der Waals surface area contributed by atoms with Crippen LogP contribution in [0.3, 0.4) is 0 Å². The Morgan fingerprint density at radius 1 is 1.43 bits per heavy atom. The van der Waals surface area contributed by atoms with Crippen molar-refractivity contribution in [3.05, 3.63) is 42.5 Å². The van der Waals surface area contributed by atoms with E-state index in [0.29, 0.717) is 25.1 Å². The van der Waals surface area contributed by atoms with Gasteiger partial charge in [0.15, 0.2) is 11.6 Å². The Morgan fingerprint density at radius 2 is 2.24 bits per heavy atom. The Hall–Kier alpha value is -1.91. The van der Waals surface area contributed by atoms with Crippen molar-refractivity contribution in [1.29, 1.82) is 0 Å². The van der Waals surface area contributed by atoms with E-state index < -0.39 is 11.6 Å². The topological polar surface area (TPSA) is 32.3 Å². The third-order valence-electron chi connectivity index (χ3n) is 3.63. The molecule has 1 N–H and O–H groups in total. The summed E-state index contributed by atoms with van der Waals surface area (Å²) in [4.78, 5) is 13.8. The Labute approximate surface area is 123 Å². The van der Waals surface area contributed by atoms with Crippen LogP contribution in [-0.2, 0) is 4.79 Å². The number of allylic oxidation sites excluding steroid dienone is 1. The van der Waals surface area contributed by atoms with Gasteiger partial charge in [0.1, 0.15) is 0 Å². The van der Waals surface area contributed by atoms with Crippen LogP contribution < -0.4 is 5.32 Å². The lowest BCUT2D eigenvalue weighted by molar-refractivity contribution is -0.132. The highest BCUT2D eigenvalue weighted by molar-refractivity contribution is 5.76. The summed E-state index contributed by atoms with van der Waals surface area (Å²) in [6.07, 6.45) is 4.70. The van der Waals surface area contributed by atoms with Gasteiger partial charge < -0.3 is 10.2 Å². The van der Waals surface area contributed by atoms with Crippen LogP contribution in [-0.4, -0.2) is 29.9 Å². The summed E-state index contributed by atoms with van der Waals surface area (Å²) < 4.78 is 26.1. The van der Waals surface area contributed by atoms with Gasteiger partial charge >= 0.3 is 0 Å². The summed E-state index contributed by atoms with van der Waals surface area (Å²) in [5.41, 5.74) is 0.541. The number of amides is 1. The molecule has 0 unspecified atom stereocenters. The summed E-state index contributed by atoms with van der Waals surface area (Å²) in [6.45, 7) is 4.96. The minimum Gasteiger partial charge on any atom is -0.380 e. The zero-order valence-electron chi connectivity index (χ0n) is 11.9. The minimum atomic E-state index is -0.866. The molecule has 0 radical (unpaired) electrons. The molecule has 1 aromatic carbocycles. The first-order chi connectivity index (χ1) is 10.1. The van der Waals surface area contributed by atoms with Crippen molar-refractivity contribution in [3.63, 3.8) is 0 Å². The first kappa shape index (κ1) is 15.5. The van der Waals surface area contributed by atoms with Gasteiger partial charge in [0.25, 0.3) is 0 Å². The highest BCUT2D eigenvalue weighted by Gasteiger charge is 2.23. The van der Waals surface area contributed by atoms with Crippen LogP contribution in [0.2, 0.25) is 0 Å². The average Bonchev–Trinajstić information content (AvgIpc) is 2.49. The maximum absolute atomic E-state index is 13.2. The Bertz CT molecular complexity index is 519. The molecule has 0 spiro atoms. The number of nitrogens with one attached hydrogen (secondary N) is 1. The molecule has 1 aliphatic heterocycles. The van der Waals surface area contributed by atoms with Crippen molar-refractivity contribution in [2.75, 3.05) is 18.4 Å². The summed E-state index contributed by atoms with van der Waals surface area (Å²) in [6, 6.07) is 3.83. The van der Waals surface area contributed by atoms with Crippen LogP contribution >= 0.6 is 0 Å². The van der Waals surface area contributed by atoms with E-state index in [0.717, 1.165) is 31.5 Å². The van der Waals surface area contributed by atoms with E-state index in [4.69, 9.17) is 0 Å². The fourth-order valence-corrected chi connectivity index (χ4v) is 2.53. The highest BCUT2D eigenvalue weighted by atomic mass is 19.2. The molecule has 1 aromatic rings. The van der Waals surface area contributed by atoms with E-state index in [1.807, 2.05) is 4.90 Å². The SMILES string of the molecule is C=CCCC(=O)N1CCC[C@@H](Nc2ccc(F)c(F)c2)C1. The number of anilines is 1. The van der Waals surface area contributed by atoms with E-state index in [1.54, 1.807) is 6.08 Å². The molecule has 1 heterocycles. The van der Waals surface area contributed by atoms with E-state index in [9.17, 15) is 13.6 Å². The number of carbonyl (C=O) groups excluding carboxylic acids is 1.